The Morgan fingerprint density at radius 2 is 2.11 bits per heavy atom. The second-order valence-corrected chi connectivity index (χ2v) is 6.72. The highest BCUT2D eigenvalue weighted by Gasteiger charge is 2.28. The quantitative estimate of drug-likeness (QED) is 0.828. The van der Waals surface area contributed by atoms with E-state index in [9.17, 15) is 5.11 Å². The Morgan fingerprint density at radius 1 is 1.37 bits per heavy atom. The van der Waals surface area contributed by atoms with Crippen molar-refractivity contribution in [3.63, 3.8) is 0 Å². The average Bonchev–Trinajstić information content (AvgIpc) is 2.83. The van der Waals surface area contributed by atoms with Crippen molar-refractivity contribution in [1.82, 2.24) is 5.32 Å². The van der Waals surface area contributed by atoms with Gasteiger partial charge in [-0.1, -0.05) is 19.9 Å². The maximum atomic E-state index is 9.53. The molecule has 0 aliphatic heterocycles. The first-order chi connectivity index (χ1) is 9.14. The summed E-state index contributed by atoms with van der Waals surface area (Å²) < 4.78 is 0.361. The molecule has 2 nitrogen and oxygen atoms in total. The number of benzene rings is 1. The Morgan fingerprint density at radius 3 is 2.74 bits per heavy atom. The van der Waals surface area contributed by atoms with Gasteiger partial charge in [-0.05, 0) is 55.2 Å². The normalized spacial score (nSPS) is 18.6. The molecule has 0 saturated carbocycles. The molecule has 1 aliphatic rings. The summed E-state index contributed by atoms with van der Waals surface area (Å²) in [5.74, 6) is 0.389. The Bertz CT molecular complexity index is 420. The van der Waals surface area contributed by atoms with Crippen molar-refractivity contribution in [2.24, 2.45) is 0 Å². The van der Waals surface area contributed by atoms with Crippen molar-refractivity contribution in [2.45, 2.75) is 50.3 Å². The van der Waals surface area contributed by atoms with E-state index in [0.29, 0.717) is 16.5 Å². The van der Waals surface area contributed by atoms with Crippen molar-refractivity contribution in [1.29, 1.82) is 0 Å². The van der Waals surface area contributed by atoms with Crippen LogP contribution in [0.3, 0.4) is 0 Å². The zero-order valence-corrected chi connectivity index (χ0v) is 13.0. The van der Waals surface area contributed by atoms with Crippen LogP contribution < -0.4 is 5.32 Å². The molecule has 0 fully saturated rings. The third kappa shape index (κ3) is 3.09. The first-order valence-electron chi connectivity index (χ1n) is 7.24. The summed E-state index contributed by atoms with van der Waals surface area (Å²) in [6, 6.07) is 6.26. The Hall–Kier alpha value is -0.670. The summed E-state index contributed by atoms with van der Waals surface area (Å²) in [4.78, 5) is 0. The van der Waals surface area contributed by atoms with Crippen LogP contribution >= 0.6 is 11.8 Å². The van der Waals surface area contributed by atoms with Gasteiger partial charge < -0.3 is 10.4 Å². The van der Waals surface area contributed by atoms with Crippen LogP contribution in [0.1, 0.15) is 50.3 Å². The number of aromatic hydroxyl groups is 1. The van der Waals surface area contributed by atoms with Gasteiger partial charge in [-0.2, -0.15) is 11.8 Å². The molecule has 2 rings (SSSR count). The highest BCUT2D eigenvalue weighted by atomic mass is 32.2. The lowest BCUT2D eigenvalue weighted by Gasteiger charge is -2.31. The zero-order chi connectivity index (χ0) is 13.9. The third-order valence-corrected chi connectivity index (χ3v) is 6.18. The predicted molar refractivity (Wildman–Crippen MR) is 84.0 cm³/mol. The van der Waals surface area contributed by atoms with E-state index in [-0.39, 0.29) is 0 Å². The molecule has 1 unspecified atom stereocenters. The fourth-order valence-electron chi connectivity index (χ4n) is 2.99. The maximum absolute atomic E-state index is 9.53. The second kappa shape index (κ2) is 6.19. The van der Waals surface area contributed by atoms with Crippen LogP contribution in [0.15, 0.2) is 18.2 Å². The molecule has 0 radical (unpaired) electrons. The van der Waals surface area contributed by atoms with E-state index < -0.39 is 0 Å². The molecule has 3 heteroatoms. The second-order valence-electron chi connectivity index (χ2n) is 5.45. The van der Waals surface area contributed by atoms with E-state index >= 15 is 0 Å². The lowest BCUT2D eigenvalue weighted by Crippen LogP contribution is -2.37. The van der Waals surface area contributed by atoms with Crippen LogP contribution in [-0.4, -0.2) is 22.7 Å². The number of thioether (sulfide) groups is 1. The van der Waals surface area contributed by atoms with E-state index in [4.69, 9.17) is 0 Å². The molecule has 1 aromatic rings. The summed E-state index contributed by atoms with van der Waals surface area (Å²) in [6.07, 6.45) is 6.84. The number of nitrogens with one attached hydrogen (secondary N) is 1. The Labute approximate surface area is 121 Å². The SMILES string of the molecule is CCC(CC)(CNC1CCc2cc(O)ccc21)SC. The molecule has 0 heterocycles. The first kappa shape index (κ1) is 14.7. The third-order valence-electron chi connectivity index (χ3n) is 4.60. The monoisotopic (exact) mass is 279 g/mol. The predicted octanol–water partition coefficient (Wildman–Crippen LogP) is 3.89. The number of hydrogen-bond donors (Lipinski definition) is 2. The molecule has 1 aliphatic carbocycles. The molecule has 1 atom stereocenters. The molecule has 0 bridgehead atoms. The summed E-state index contributed by atoms with van der Waals surface area (Å²) in [6.45, 7) is 5.62. The maximum Gasteiger partial charge on any atom is 0.115 e. The fraction of sp³-hybridized carbons (Fsp3) is 0.625. The average molecular weight is 279 g/mol. The largest absolute Gasteiger partial charge is 0.508 e. The molecule has 0 aromatic heterocycles. The number of phenols is 1. The van der Waals surface area contributed by atoms with Crippen molar-refractivity contribution in [3.05, 3.63) is 29.3 Å². The summed E-state index contributed by atoms with van der Waals surface area (Å²) in [5.41, 5.74) is 2.68. The number of hydrogen-bond acceptors (Lipinski definition) is 3. The van der Waals surface area contributed by atoms with Crippen LogP contribution in [-0.2, 0) is 6.42 Å². The van der Waals surface area contributed by atoms with Crippen LogP contribution in [0.2, 0.25) is 0 Å². The molecule has 2 N–H and O–H groups in total. The molecule has 1 aromatic carbocycles. The van der Waals surface area contributed by atoms with Gasteiger partial charge in [0, 0.05) is 17.3 Å². The van der Waals surface area contributed by atoms with Crippen LogP contribution in [0.4, 0.5) is 0 Å². The molecular formula is C16H25NOS. The van der Waals surface area contributed by atoms with Crippen molar-refractivity contribution in [2.75, 3.05) is 12.8 Å². The highest BCUT2D eigenvalue weighted by Crippen LogP contribution is 2.35. The number of aryl methyl sites for hydroxylation is 1. The van der Waals surface area contributed by atoms with Gasteiger partial charge in [0.1, 0.15) is 5.75 Å². The Balaban J connectivity index is 2.03. The fourth-order valence-corrected chi connectivity index (χ4v) is 3.79. The van der Waals surface area contributed by atoms with E-state index in [1.807, 2.05) is 17.8 Å². The summed E-state index contributed by atoms with van der Waals surface area (Å²) in [7, 11) is 0. The van der Waals surface area contributed by atoms with E-state index in [0.717, 1.165) is 19.4 Å². The first-order valence-corrected chi connectivity index (χ1v) is 8.47. The van der Waals surface area contributed by atoms with Gasteiger partial charge in [-0.15, -0.1) is 0 Å². The zero-order valence-electron chi connectivity index (χ0n) is 12.2. The lowest BCUT2D eigenvalue weighted by atomic mass is 10.0. The van der Waals surface area contributed by atoms with E-state index in [2.05, 4.69) is 31.5 Å². The topological polar surface area (TPSA) is 32.3 Å². The van der Waals surface area contributed by atoms with Gasteiger partial charge in [0.2, 0.25) is 0 Å². The summed E-state index contributed by atoms with van der Waals surface area (Å²) >= 11 is 1.98. The standard InChI is InChI=1S/C16H25NOS/c1-4-16(5-2,19-3)11-17-15-9-6-12-10-13(18)7-8-14(12)15/h7-8,10,15,17-18H,4-6,9,11H2,1-3H3. The van der Waals surface area contributed by atoms with Gasteiger partial charge in [0.25, 0.3) is 0 Å². The van der Waals surface area contributed by atoms with Gasteiger partial charge in [-0.3, -0.25) is 0 Å². The van der Waals surface area contributed by atoms with E-state index in [1.165, 1.54) is 24.0 Å². The van der Waals surface area contributed by atoms with Crippen molar-refractivity contribution in [3.8, 4) is 5.75 Å². The highest BCUT2D eigenvalue weighted by molar-refractivity contribution is 8.00. The Kier molecular flexibility index (Phi) is 4.80. The number of fused-ring (bicyclic) bond motifs is 1. The van der Waals surface area contributed by atoms with Crippen molar-refractivity contribution < 1.29 is 5.11 Å². The molecule has 19 heavy (non-hydrogen) atoms. The molecular weight excluding hydrogens is 254 g/mol. The number of phenolic OH excluding ortho intramolecular Hbond substituents is 1. The van der Waals surface area contributed by atoms with Crippen molar-refractivity contribution >= 4 is 11.8 Å². The molecule has 0 amide bonds. The minimum absolute atomic E-state index is 0.361. The van der Waals surface area contributed by atoms with Gasteiger partial charge >= 0.3 is 0 Å². The molecule has 106 valence electrons. The minimum Gasteiger partial charge on any atom is -0.508 e. The van der Waals surface area contributed by atoms with Crippen LogP contribution in [0.25, 0.3) is 0 Å². The summed E-state index contributed by atoms with van der Waals surface area (Å²) in [5, 5.41) is 13.3. The van der Waals surface area contributed by atoms with Gasteiger partial charge in [0.15, 0.2) is 0 Å². The smallest absolute Gasteiger partial charge is 0.115 e. The van der Waals surface area contributed by atoms with Crippen LogP contribution in [0, 0.1) is 0 Å². The van der Waals surface area contributed by atoms with Crippen LogP contribution in [0.5, 0.6) is 5.75 Å². The molecule has 0 saturated heterocycles. The van der Waals surface area contributed by atoms with Gasteiger partial charge in [0.05, 0.1) is 0 Å². The molecule has 0 spiro atoms. The lowest BCUT2D eigenvalue weighted by molar-refractivity contribution is 0.443. The minimum atomic E-state index is 0.361. The van der Waals surface area contributed by atoms with E-state index in [1.54, 1.807) is 6.07 Å². The number of rotatable bonds is 6. The van der Waals surface area contributed by atoms with Gasteiger partial charge in [-0.25, -0.2) is 0 Å².